The van der Waals surface area contributed by atoms with Gasteiger partial charge >= 0.3 is 0 Å². The summed E-state index contributed by atoms with van der Waals surface area (Å²) in [6.07, 6.45) is 0.762. The van der Waals surface area contributed by atoms with Gasteiger partial charge in [0, 0.05) is 16.1 Å². The van der Waals surface area contributed by atoms with Crippen molar-refractivity contribution in [1.29, 1.82) is 0 Å². The summed E-state index contributed by atoms with van der Waals surface area (Å²) in [4.78, 5) is 0. The van der Waals surface area contributed by atoms with Crippen LogP contribution in [0.3, 0.4) is 0 Å². The molecule has 0 fully saturated rings. The Morgan fingerprint density at radius 1 is 1.47 bits per heavy atom. The first-order valence-corrected chi connectivity index (χ1v) is 5.27. The Balaban J connectivity index is 0.00000196. The van der Waals surface area contributed by atoms with Crippen molar-refractivity contribution < 1.29 is 4.74 Å². The van der Waals surface area contributed by atoms with E-state index in [0.717, 1.165) is 22.2 Å². The third kappa shape index (κ3) is 3.99. The fourth-order valence-electron chi connectivity index (χ4n) is 1.33. The molecule has 1 aromatic carbocycles. The van der Waals surface area contributed by atoms with Crippen LogP contribution in [0.1, 0.15) is 18.0 Å². The van der Waals surface area contributed by atoms with Crippen molar-refractivity contribution in [3.8, 4) is 5.75 Å². The zero-order chi connectivity index (χ0) is 10.6. The highest BCUT2D eigenvalue weighted by Gasteiger charge is 2.10. The highest BCUT2D eigenvalue weighted by atomic mass is 79.9. The van der Waals surface area contributed by atoms with E-state index in [1.54, 1.807) is 7.11 Å². The molecule has 5 heteroatoms. The van der Waals surface area contributed by atoms with Crippen molar-refractivity contribution in [2.24, 2.45) is 11.5 Å². The first-order chi connectivity index (χ1) is 6.69. The van der Waals surface area contributed by atoms with Gasteiger partial charge in [0.2, 0.25) is 0 Å². The zero-order valence-corrected chi connectivity index (χ0v) is 11.0. The molecule has 0 aromatic heterocycles. The number of hydrogen-bond acceptors (Lipinski definition) is 3. The summed E-state index contributed by atoms with van der Waals surface area (Å²) in [5.41, 5.74) is 12.4. The van der Waals surface area contributed by atoms with Crippen molar-refractivity contribution in [3.05, 3.63) is 28.2 Å². The number of halogens is 2. The quantitative estimate of drug-likeness (QED) is 0.895. The van der Waals surface area contributed by atoms with Crippen LogP contribution >= 0.6 is 28.3 Å². The molecule has 0 amide bonds. The first kappa shape index (κ1) is 14.7. The maximum atomic E-state index is 5.96. The maximum Gasteiger partial charge on any atom is 0.124 e. The van der Waals surface area contributed by atoms with Crippen molar-refractivity contribution in [2.75, 3.05) is 13.7 Å². The van der Waals surface area contributed by atoms with Gasteiger partial charge in [-0.2, -0.15) is 0 Å². The third-order valence-electron chi connectivity index (χ3n) is 2.07. The molecule has 1 rings (SSSR count). The molecule has 86 valence electrons. The van der Waals surface area contributed by atoms with Crippen LogP contribution in [0.2, 0.25) is 0 Å². The Labute approximate surface area is 105 Å². The molecule has 3 nitrogen and oxygen atoms in total. The summed E-state index contributed by atoms with van der Waals surface area (Å²) in [7, 11) is 1.64. The van der Waals surface area contributed by atoms with E-state index < -0.39 is 0 Å². The summed E-state index contributed by atoms with van der Waals surface area (Å²) in [6.45, 7) is 0.584. The van der Waals surface area contributed by atoms with Gasteiger partial charge in [-0.1, -0.05) is 22.0 Å². The van der Waals surface area contributed by atoms with Gasteiger partial charge in [0.05, 0.1) is 7.11 Å². The van der Waals surface area contributed by atoms with E-state index in [9.17, 15) is 0 Å². The lowest BCUT2D eigenvalue weighted by molar-refractivity contribution is 0.404. The van der Waals surface area contributed by atoms with Crippen molar-refractivity contribution in [2.45, 2.75) is 12.5 Å². The lowest BCUT2D eigenvalue weighted by Gasteiger charge is -2.14. The fraction of sp³-hybridized carbons (Fsp3) is 0.400. The molecule has 0 bridgehead atoms. The minimum absolute atomic E-state index is 0. The molecule has 0 aliphatic carbocycles. The first-order valence-electron chi connectivity index (χ1n) is 4.48. The molecule has 0 radical (unpaired) electrons. The Morgan fingerprint density at radius 3 is 2.67 bits per heavy atom. The summed E-state index contributed by atoms with van der Waals surface area (Å²) >= 11 is 3.38. The van der Waals surface area contributed by atoms with Crippen LogP contribution < -0.4 is 16.2 Å². The van der Waals surface area contributed by atoms with E-state index in [-0.39, 0.29) is 18.4 Å². The van der Waals surface area contributed by atoms with Crippen LogP contribution in [0.25, 0.3) is 0 Å². The Morgan fingerprint density at radius 2 is 2.13 bits per heavy atom. The van der Waals surface area contributed by atoms with Gasteiger partial charge in [0.15, 0.2) is 0 Å². The van der Waals surface area contributed by atoms with Crippen LogP contribution in [-0.4, -0.2) is 13.7 Å². The average molecular weight is 296 g/mol. The summed E-state index contributed by atoms with van der Waals surface area (Å²) in [5, 5.41) is 0. The summed E-state index contributed by atoms with van der Waals surface area (Å²) in [5.74, 6) is 0.806. The Kier molecular flexibility index (Phi) is 6.92. The minimum Gasteiger partial charge on any atom is -0.496 e. The summed E-state index contributed by atoms with van der Waals surface area (Å²) < 4.78 is 6.23. The van der Waals surface area contributed by atoms with E-state index >= 15 is 0 Å². The van der Waals surface area contributed by atoms with Crippen LogP contribution in [0.4, 0.5) is 0 Å². The van der Waals surface area contributed by atoms with E-state index in [2.05, 4.69) is 15.9 Å². The average Bonchev–Trinajstić information content (AvgIpc) is 2.17. The SMILES string of the molecule is COc1cc(Br)ccc1[C@@H](N)CCN.Cl. The lowest BCUT2D eigenvalue weighted by Crippen LogP contribution is -2.16. The second-order valence-corrected chi connectivity index (χ2v) is 3.99. The van der Waals surface area contributed by atoms with Crippen LogP contribution in [0.15, 0.2) is 22.7 Å². The second kappa shape index (κ2) is 7.06. The van der Waals surface area contributed by atoms with Crippen molar-refractivity contribution >= 4 is 28.3 Å². The number of rotatable bonds is 4. The third-order valence-corrected chi connectivity index (χ3v) is 2.57. The molecule has 1 aromatic rings. The molecule has 1 atom stereocenters. The fourth-order valence-corrected chi connectivity index (χ4v) is 1.67. The highest BCUT2D eigenvalue weighted by Crippen LogP contribution is 2.28. The second-order valence-electron chi connectivity index (χ2n) is 3.07. The van der Waals surface area contributed by atoms with Gasteiger partial charge in [0.1, 0.15) is 5.75 Å². The number of hydrogen-bond donors (Lipinski definition) is 2. The highest BCUT2D eigenvalue weighted by molar-refractivity contribution is 9.10. The maximum absolute atomic E-state index is 5.96. The standard InChI is InChI=1S/C10H15BrN2O.ClH/c1-14-10-6-7(11)2-3-8(10)9(13)4-5-12;/h2-3,6,9H,4-5,12-13H2,1H3;1H/t9-;/m0./s1. The number of ether oxygens (including phenoxy) is 1. The number of nitrogens with two attached hydrogens (primary N) is 2. The molecule has 0 saturated heterocycles. The molecule has 0 aliphatic rings. The molecule has 0 aliphatic heterocycles. The Bertz CT molecular complexity index is 309. The predicted molar refractivity (Wildman–Crippen MR) is 68.5 cm³/mol. The van der Waals surface area contributed by atoms with Crippen LogP contribution in [-0.2, 0) is 0 Å². The van der Waals surface area contributed by atoms with Crippen molar-refractivity contribution in [1.82, 2.24) is 0 Å². The van der Waals surface area contributed by atoms with Crippen molar-refractivity contribution in [3.63, 3.8) is 0 Å². The molecule has 15 heavy (non-hydrogen) atoms. The normalized spacial score (nSPS) is 11.7. The molecular formula is C10H16BrClN2O. The molecule has 0 heterocycles. The zero-order valence-electron chi connectivity index (χ0n) is 8.57. The van der Waals surface area contributed by atoms with E-state index in [1.165, 1.54) is 0 Å². The van der Waals surface area contributed by atoms with Gasteiger partial charge in [-0.25, -0.2) is 0 Å². The van der Waals surface area contributed by atoms with Gasteiger partial charge in [-0.05, 0) is 25.1 Å². The van der Waals surface area contributed by atoms with E-state index in [4.69, 9.17) is 16.2 Å². The summed E-state index contributed by atoms with van der Waals surface area (Å²) in [6, 6.07) is 5.77. The van der Waals surface area contributed by atoms with Crippen LogP contribution in [0, 0.1) is 0 Å². The monoisotopic (exact) mass is 294 g/mol. The molecule has 0 spiro atoms. The van der Waals surface area contributed by atoms with Crippen LogP contribution in [0.5, 0.6) is 5.75 Å². The molecular weight excluding hydrogens is 279 g/mol. The molecule has 0 saturated carbocycles. The topological polar surface area (TPSA) is 61.3 Å². The largest absolute Gasteiger partial charge is 0.496 e. The molecule has 0 unspecified atom stereocenters. The number of benzene rings is 1. The van der Waals surface area contributed by atoms with E-state index in [0.29, 0.717) is 6.54 Å². The van der Waals surface area contributed by atoms with Gasteiger partial charge in [0.25, 0.3) is 0 Å². The lowest BCUT2D eigenvalue weighted by atomic mass is 10.0. The minimum atomic E-state index is -0.0527. The smallest absolute Gasteiger partial charge is 0.124 e. The van der Waals surface area contributed by atoms with Gasteiger partial charge in [-0.3, -0.25) is 0 Å². The van der Waals surface area contributed by atoms with Gasteiger partial charge in [-0.15, -0.1) is 12.4 Å². The Hall–Kier alpha value is -0.290. The predicted octanol–water partition coefficient (Wildman–Crippen LogP) is 2.23. The number of methoxy groups -OCH3 is 1. The molecule has 4 N–H and O–H groups in total. The van der Waals surface area contributed by atoms with Gasteiger partial charge < -0.3 is 16.2 Å². The van der Waals surface area contributed by atoms with E-state index in [1.807, 2.05) is 18.2 Å².